The molecule has 1 heterocycles. The van der Waals surface area contributed by atoms with Gasteiger partial charge in [-0.2, -0.15) is 0 Å². The van der Waals surface area contributed by atoms with Gasteiger partial charge in [0.1, 0.15) is 5.75 Å². The first-order chi connectivity index (χ1) is 15.0. The molecule has 0 aromatic heterocycles. The van der Waals surface area contributed by atoms with Crippen LogP contribution in [-0.4, -0.2) is 59.2 Å². The van der Waals surface area contributed by atoms with Crippen LogP contribution in [0, 0.1) is 12.8 Å². The summed E-state index contributed by atoms with van der Waals surface area (Å²) in [6.45, 7) is 4.42. The van der Waals surface area contributed by atoms with Crippen molar-refractivity contribution >= 4 is 11.8 Å². The SMILES string of the molecule is Cc1ccc(C(=O)NCCC(=O)N[C@@H]2CCN(Cc3ccccc3)C[C@H]2CO)c(O)c1. The lowest BCUT2D eigenvalue weighted by Crippen LogP contribution is -2.52. The Hall–Kier alpha value is -2.90. The Balaban J connectivity index is 1.43. The predicted octanol–water partition coefficient (Wildman–Crippen LogP) is 1.82. The third-order valence-electron chi connectivity index (χ3n) is 5.68. The van der Waals surface area contributed by atoms with Gasteiger partial charge in [-0.05, 0) is 36.6 Å². The lowest BCUT2D eigenvalue weighted by molar-refractivity contribution is -0.122. The second-order valence-electron chi connectivity index (χ2n) is 8.15. The maximum atomic E-state index is 12.4. The van der Waals surface area contributed by atoms with E-state index in [1.807, 2.05) is 25.1 Å². The minimum Gasteiger partial charge on any atom is -0.507 e. The number of carbonyl (C=O) groups is 2. The minimum absolute atomic E-state index is 0.0136. The third-order valence-corrected chi connectivity index (χ3v) is 5.68. The fourth-order valence-corrected chi connectivity index (χ4v) is 3.97. The van der Waals surface area contributed by atoms with Crippen LogP contribution in [-0.2, 0) is 11.3 Å². The highest BCUT2D eigenvalue weighted by Gasteiger charge is 2.29. The minimum atomic E-state index is -0.409. The van der Waals surface area contributed by atoms with E-state index in [2.05, 4.69) is 27.7 Å². The van der Waals surface area contributed by atoms with Crippen molar-refractivity contribution in [3.63, 3.8) is 0 Å². The van der Waals surface area contributed by atoms with Gasteiger partial charge in [0, 0.05) is 51.2 Å². The summed E-state index contributed by atoms with van der Waals surface area (Å²) < 4.78 is 0. The summed E-state index contributed by atoms with van der Waals surface area (Å²) in [5.74, 6) is -0.670. The second kappa shape index (κ2) is 10.9. The van der Waals surface area contributed by atoms with E-state index >= 15 is 0 Å². The number of nitrogens with one attached hydrogen (secondary N) is 2. The highest BCUT2D eigenvalue weighted by atomic mass is 16.3. The van der Waals surface area contributed by atoms with E-state index in [0.717, 1.165) is 31.6 Å². The first-order valence-corrected chi connectivity index (χ1v) is 10.7. The van der Waals surface area contributed by atoms with E-state index in [-0.39, 0.29) is 48.8 Å². The third kappa shape index (κ3) is 6.54. The number of hydrogen-bond acceptors (Lipinski definition) is 5. The van der Waals surface area contributed by atoms with Crippen LogP contribution in [0.2, 0.25) is 0 Å². The Kier molecular flexibility index (Phi) is 8.03. The van der Waals surface area contributed by atoms with Gasteiger partial charge in [0.2, 0.25) is 5.91 Å². The lowest BCUT2D eigenvalue weighted by atomic mass is 9.92. The van der Waals surface area contributed by atoms with Crippen molar-refractivity contribution in [2.24, 2.45) is 5.92 Å². The predicted molar refractivity (Wildman–Crippen MR) is 119 cm³/mol. The molecule has 0 spiro atoms. The van der Waals surface area contributed by atoms with Crippen LogP contribution < -0.4 is 10.6 Å². The van der Waals surface area contributed by atoms with Crippen molar-refractivity contribution in [2.45, 2.75) is 32.4 Å². The quantitative estimate of drug-likeness (QED) is 0.517. The molecule has 0 bridgehead atoms. The van der Waals surface area contributed by atoms with E-state index in [1.54, 1.807) is 12.1 Å². The second-order valence-corrected chi connectivity index (χ2v) is 8.15. The monoisotopic (exact) mass is 425 g/mol. The van der Waals surface area contributed by atoms with E-state index < -0.39 is 5.91 Å². The van der Waals surface area contributed by atoms with Crippen LogP contribution in [0.5, 0.6) is 5.75 Å². The molecular formula is C24H31N3O4. The molecule has 1 aliphatic heterocycles. The van der Waals surface area contributed by atoms with Crippen molar-refractivity contribution in [3.05, 3.63) is 65.2 Å². The van der Waals surface area contributed by atoms with E-state index in [4.69, 9.17) is 0 Å². The first-order valence-electron chi connectivity index (χ1n) is 10.7. The van der Waals surface area contributed by atoms with Crippen molar-refractivity contribution < 1.29 is 19.8 Å². The van der Waals surface area contributed by atoms with Gasteiger partial charge in [0.25, 0.3) is 5.91 Å². The molecule has 1 saturated heterocycles. The van der Waals surface area contributed by atoms with Crippen LogP contribution in [0.3, 0.4) is 0 Å². The first kappa shape index (κ1) is 22.8. The molecule has 0 aliphatic carbocycles. The number of hydrogen-bond donors (Lipinski definition) is 4. The molecule has 1 fully saturated rings. The van der Waals surface area contributed by atoms with Gasteiger partial charge >= 0.3 is 0 Å². The Morgan fingerprint density at radius 1 is 1.16 bits per heavy atom. The van der Waals surface area contributed by atoms with Crippen molar-refractivity contribution in [1.29, 1.82) is 0 Å². The van der Waals surface area contributed by atoms with Crippen molar-refractivity contribution in [3.8, 4) is 5.75 Å². The number of amides is 2. The number of likely N-dealkylation sites (tertiary alicyclic amines) is 1. The number of rotatable bonds is 8. The van der Waals surface area contributed by atoms with Crippen LogP contribution >= 0.6 is 0 Å². The van der Waals surface area contributed by atoms with Gasteiger partial charge in [-0.3, -0.25) is 14.5 Å². The summed E-state index contributed by atoms with van der Waals surface area (Å²) in [7, 11) is 0. The number of nitrogens with zero attached hydrogens (tertiary/aromatic N) is 1. The number of benzene rings is 2. The molecule has 2 aromatic carbocycles. The average Bonchev–Trinajstić information content (AvgIpc) is 2.75. The van der Waals surface area contributed by atoms with E-state index in [1.165, 1.54) is 11.6 Å². The standard InChI is InChI=1S/C24H31N3O4/c1-17-7-8-20(22(29)13-17)24(31)25-11-9-23(30)26-21-10-12-27(15-19(21)16-28)14-18-5-3-2-4-6-18/h2-8,13,19,21,28-29H,9-12,14-16H2,1H3,(H,25,31)(H,26,30)/t19-,21+/m0/s1. The van der Waals surface area contributed by atoms with Crippen LogP contribution in [0.25, 0.3) is 0 Å². The van der Waals surface area contributed by atoms with Crippen LogP contribution in [0.15, 0.2) is 48.5 Å². The van der Waals surface area contributed by atoms with Gasteiger partial charge in [-0.1, -0.05) is 36.4 Å². The molecule has 1 aliphatic rings. The number of aliphatic hydroxyl groups excluding tert-OH is 1. The molecule has 166 valence electrons. The number of aromatic hydroxyl groups is 1. The molecule has 3 rings (SSSR count). The van der Waals surface area contributed by atoms with Gasteiger partial charge in [0.05, 0.1) is 5.56 Å². The summed E-state index contributed by atoms with van der Waals surface area (Å²) in [6, 6.07) is 15.0. The number of piperidine rings is 1. The maximum absolute atomic E-state index is 12.4. The number of aryl methyl sites for hydroxylation is 1. The highest BCUT2D eigenvalue weighted by molar-refractivity contribution is 5.97. The molecule has 2 aromatic rings. The van der Waals surface area contributed by atoms with Crippen molar-refractivity contribution in [1.82, 2.24) is 15.5 Å². The number of phenols is 1. The summed E-state index contributed by atoms with van der Waals surface area (Å²) >= 11 is 0. The topological polar surface area (TPSA) is 102 Å². The summed E-state index contributed by atoms with van der Waals surface area (Å²) in [5, 5.41) is 25.4. The zero-order chi connectivity index (χ0) is 22.2. The Bertz CT molecular complexity index is 888. The Labute approximate surface area is 183 Å². The molecular weight excluding hydrogens is 394 g/mol. The number of carbonyl (C=O) groups excluding carboxylic acids is 2. The Morgan fingerprint density at radius 2 is 1.94 bits per heavy atom. The lowest BCUT2D eigenvalue weighted by Gasteiger charge is -2.38. The smallest absolute Gasteiger partial charge is 0.255 e. The van der Waals surface area contributed by atoms with Gasteiger partial charge < -0.3 is 20.8 Å². The normalized spacial score (nSPS) is 19.0. The fourth-order valence-electron chi connectivity index (χ4n) is 3.97. The molecule has 7 nitrogen and oxygen atoms in total. The highest BCUT2D eigenvalue weighted by Crippen LogP contribution is 2.20. The molecule has 2 atom stereocenters. The van der Waals surface area contributed by atoms with E-state index in [9.17, 15) is 19.8 Å². The maximum Gasteiger partial charge on any atom is 0.255 e. The zero-order valence-corrected chi connectivity index (χ0v) is 17.9. The van der Waals surface area contributed by atoms with Gasteiger partial charge in [-0.15, -0.1) is 0 Å². The zero-order valence-electron chi connectivity index (χ0n) is 17.9. The molecule has 0 saturated carbocycles. The van der Waals surface area contributed by atoms with Gasteiger partial charge in [-0.25, -0.2) is 0 Å². The summed E-state index contributed by atoms with van der Waals surface area (Å²) in [6.07, 6.45) is 0.911. The van der Waals surface area contributed by atoms with Crippen LogP contribution in [0.1, 0.15) is 34.3 Å². The molecule has 0 radical (unpaired) electrons. The molecule has 2 amide bonds. The average molecular weight is 426 g/mol. The van der Waals surface area contributed by atoms with E-state index in [0.29, 0.717) is 0 Å². The summed E-state index contributed by atoms with van der Waals surface area (Å²) in [5.41, 5.74) is 2.29. The number of phenolic OH excluding ortho intramolecular Hbond substituents is 1. The summed E-state index contributed by atoms with van der Waals surface area (Å²) in [4.78, 5) is 26.9. The Morgan fingerprint density at radius 3 is 2.65 bits per heavy atom. The number of aliphatic hydroxyl groups is 1. The van der Waals surface area contributed by atoms with Gasteiger partial charge in [0.15, 0.2) is 0 Å². The fraction of sp³-hybridized carbons (Fsp3) is 0.417. The van der Waals surface area contributed by atoms with Crippen molar-refractivity contribution in [2.75, 3.05) is 26.2 Å². The molecule has 0 unspecified atom stereocenters. The molecule has 31 heavy (non-hydrogen) atoms. The van der Waals surface area contributed by atoms with Crippen LogP contribution in [0.4, 0.5) is 0 Å². The molecule has 4 N–H and O–H groups in total. The largest absolute Gasteiger partial charge is 0.507 e. The molecule has 7 heteroatoms.